The van der Waals surface area contributed by atoms with Crippen molar-refractivity contribution in [2.45, 2.75) is 15.2 Å². The van der Waals surface area contributed by atoms with E-state index in [0.29, 0.717) is 22.6 Å². The highest BCUT2D eigenvalue weighted by molar-refractivity contribution is 7.91. The molecule has 4 aromatic rings. The summed E-state index contributed by atoms with van der Waals surface area (Å²) in [5.41, 5.74) is 2.15. The summed E-state index contributed by atoms with van der Waals surface area (Å²) in [5.74, 6) is 1.22. The molecule has 0 saturated heterocycles. The third-order valence-corrected chi connectivity index (χ3v) is 8.33. The maximum absolute atomic E-state index is 13.7. The lowest BCUT2D eigenvalue weighted by molar-refractivity contribution is 0.201. The largest absolute Gasteiger partial charge is 0.491 e. The van der Waals surface area contributed by atoms with Crippen LogP contribution in [-0.4, -0.2) is 45.1 Å². The number of benzene rings is 4. The molecule has 1 heterocycles. The van der Waals surface area contributed by atoms with Crippen LogP contribution in [0.1, 0.15) is 22.3 Å². The molecule has 5 rings (SSSR count). The van der Waals surface area contributed by atoms with E-state index in [-0.39, 0.29) is 36.2 Å². The van der Waals surface area contributed by atoms with Crippen molar-refractivity contribution in [1.82, 2.24) is 0 Å². The van der Waals surface area contributed by atoms with Crippen LogP contribution in [0.5, 0.6) is 11.5 Å². The van der Waals surface area contributed by atoms with Gasteiger partial charge in [-0.15, -0.1) is 0 Å². The molecule has 0 atom stereocenters. The van der Waals surface area contributed by atoms with E-state index in [9.17, 15) is 8.42 Å². The van der Waals surface area contributed by atoms with Gasteiger partial charge < -0.3 is 19.7 Å². The maximum Gasteiger partial charge on any atom is 0.207 e. The van der Waals surface area contributed by atoms with Crippen LogP contribution in [0.4, 0.5) is 0 Å². The van der Waals surface area contributed by atoms with Gasteiger partial charge in [0.05, 0.1) is 28.4 Å². The van der Waals surface area contributed by atoms with Crippen molar-refractivity contribution in [3.8, 4) is 11.5 Å². The highest BCUT2D eigenvalue weighted by atomic mass is 32.2. The Hall–Kier alpha value is -3.65. The molecule has 4 aromatic carbocycles. The van der Waals surface area contributed by atoms with E-state index >= 15 is 0 Å². The number of fused-ring (bicyclic) bond motifs is 2. The number of sulfone groups is 1. The Bertz CT molecular complexity index is 1350. The molecule has 6 nitrogen and oxygen atoms in total. The van der Waals surface area contributed by atoms with Crippen LogP contribution in [-0.2, 0) is 15.3 Å². The van der Waals surface area contributed by atoms with Gasteiger partial charge in [0, 0.05) is 0 Å². The summed E-state index contributed by atoms with van der Waals surface area (Å²) >= 11 is 0. The van der Waals surface area contributed by atoms with Crippen LogP contribution < -0.4 is 9.47 Å². The van der Waals surface area contributed by atoms with E-state index < -0.39 is 15.3 Å². The Morgan fingerprint density at radius 1 is 0.583 bits per heavy atom. The topological polar surface area (TPSA) is 93.1 Å². The first-order chi connectivity index (χ1) is 17.5. The minimum atomic E-state index is -3.73. The van der Waals surface area contributed by atoms with Gasteiger partial charge in [0.25, 0.3) is 0 Å². The van der Waals surface area contributed by atoms with Crippen molar-refractivity contribution in [2.75, 3.05) is 26.4 Å². The molecule has 2 N–H and O–H groups in total. The van der Waals surface area contributed by atoms with Gasteiger partial charge in [-0.1, -0.05) is 60.7 Å². The molecule has 0 amide bonds. The lowest BCUT2D eigenvalue weighted by Crippen LogP contribution is -2.37. The van der Waals surface area contributed by atoms with Crippen molar-refractivity contribution < 1.29 is 28.1 Å². The van der Waals surface area contributed by atoms with Crippen LogP contribution in [0, 0.1) is 0 Å². The van der Waals surface area contributed by atoms with E-state index in [2.05, 4.69) is 0 Å². The van der Waals surface area contributed by atoms with Crippen LogP contribution in [0.15, 0.2) is 107 Å². The van der Waals surface area contributed by atoms with Gasteiger partial charge in [-0.25, -0.2) is 8.42 Å². The first-order valence-electron chi connectivity index (χ1n) is 11.7. The molecule has 0 bridgehead atoms. The van der Waals surface area contributed by atoms with Crippen LogP contribution in [0.25, 0.3) is 0 Å². The molecule has 184 valence electrons. The van der Waals surface area contributed by atoms with Crippen LogP contribution >= 0.6 is 0 Å². The minimum absolute atomic E-state index is 0.0883. The van der Waals surface area contributed by atoms with Crippen molar-refractivity contribution in [3.63, 3.8) is 0 Å². The monoisotopic (exact) mass is 502 g/mol. The predicted molar refractivity (Wildman–Crippen MR) is 135 cm³/mol. The number of hydrogen-bond donors (Lipinski definition) is 2. The summed E-state index contributed by atoms with van der Waals surface area (Å²) in [6.45, 7) is 0.192. The third-order valence-electron chi connectivity index (χ3n) is 6.46. The second kappa shape index (κ2) is 9.78. The summed E-state index contributed by atoms with van der Waals surface area (Å²) < 4.78 is 38.6. The van der Waals surface area contributed by atoms with Crippen molar-refractivity contribution >= 4 is 9.84 Å². The fourth-order valence-electron chi connectivity index (χ4n) is 5.00. The van der Waals surface area contributed by atoms with E-state index in [0.717, 1.165) is 11.1 Å². The molecule has 0 aromatic heterocycles. The standard InChI is InChI=1S/C29H26O6S/c30-17-19-34-23-13-9-21(10-14-23)29(22-11-15-24(16-12-22)35-20-18-31)25-5-1-3-7-27(25)36(32,33)28-8-4-2-6-26(28)29/h1-16,30-31H,17-20H2. The summed E-state index contributed by atoms with van der Waals surface area (Å²) in [6.07, 6.45) is 0. The summed E-state index contributed by atoms with van der Waals surface area (Å²) in [6, 6.07) is 29.3. The summed E-state index contributed by atoms with van der Waals surface area (Å²) in [5, 5.41) is 18.2. The second-order valence-electron chi connectivity index (χ2n) is 8.44. The zero-order chi connectivity index (χ0) is 25.2. The van der Waals surface area contributed by atoms with Gasteiger partial charge in [-0.2, -0.15) is 0 Å². The van der Waals surface area contributed by atoms with Crippen molar-refractivity contribution in [1.29, 1.82) is 0 Å². The van der Waals surface area contributed by atoms with Gasteiger partial charge in [0.1, 0.15) is 24.7 Å². The highest BCUT2D eigenvalue weighted by Gasteiger charge is 2.48. The second-order valence-corrected chi connectivity index (χ2v) is 10.3. The summed E-state index contributed by atoms with van der Waals surface area (Å²) in [7, 11) is -3.73. The molecule has 1 aliphatic rings. The fourth-order valence-corrected chi connectivity index (χ4v) is 6.78. The minimum Gasteiger partial charge on any atom is -0.491 e. The number of hydrogen-bond acceptors (Lipinski definition) is 6. The molecular weight excluding hydrogens is 476 g/mol. The Balaban J connectivity index is 1.81. The van der Waals surface area contributed by atoms with E-state index in [1.807, 2.05) is 72.8 Å². The molecule has 0 fully saturated rings. The number of ether oxygens (including phenoxy) is 2. The van der Waals surface area contributed by atoms with Crippen LogP contribution in [0.2, 0.25) is 0 Å². The van der Waals surface area contributed by atoms with Crippen molar-refractivity contribution in [3.05, 3.63) is 119 Å². The Morgan fingerprint density at radius 2 is 0.972 bits per heavy atom. The van der Waals surface area contributed by atoms with Gasteiger partial charge in [0.2, 0.25) is 9.84 Å². The number of aliphatic hydroxyl groups excluding tert-OH is 2. The normalized spacial score (nSPS) is 14.9. The highest BCUT2D eigenvalue weighted by Crippen LogP contribution is 2.53. The SMILES string of the molecule is O=S1(=O)c2ccccc2C(c2ccc(OCCO)cc2)(c2ccc(OCCO)cc2)c2ccccc21. The molecule has 0 aliphatic carbocycles. The summed E-state index contributed by atoms with van der Waals surface area (Å²) in [4.78, 5) is 0.537. The average Bonchev–Trinajstić information content (AvgIpc) is 2.92. The molecule has 1 aliphatic heterocycles. The molecule has 0 unspecified atom stereocenters. The Kier molecular flexibility index (Phi) is 6.53. The smallest absolute Gasteiger partial charge is 0.207 e. The zero-order valence-corrected chi connectivity index (χ0v) is 20.3. The third kappa shape index (κ3) is 3.86. The van der Waals surface area contributed by atoms with E-state index in [4.69, 9.17) is 19.7 Å². The fraction of sp³-hybridized carbons (Fsp3) is 0.172. The lowest BCUT2D eigenvalue weighted by Gasteiger charge is -2.41. The number of aliphatic hydroxyl groups is 2. The molecule has 0 saturated carbocycles. The Morgan fingerprint density at radius 3 is 1.36 bits per heavy atom. The first kappa shape index (κ1) is 24.1. The zero-order valence-electron chi connectivity index (χ0n) is 19.5. The van der Waals surface area contributed by atoms with E-state index in [1.54, 1.807) is 24.3 Å². The molecule has 0 radical (unpaired) electrons. The first-order valence-corrected chi connectivity index (χ1v) is 13.1. The van der Waals surface area contributed by atoms with Gasteiger partial charge in [-0.3, -0.25) is 0 Å². The van der Waals surface area contributed by atoms with Gasteiger partial charge in [-0.05, 0) is 58.7 Å². The van der Waals surface area contributed by atoms with E-state index in [1.165, 1.54) is 0 Å². The van der Waals surface area contributed by atoms with Crippen molar-refractivity contribution in [2.24, 2.45) is 0 Å². The van der Waals surface area contributed by atoms with Gasteiger partial charge >= 0.3 is 0 Å². The number of rotatable bonds is 8. The maximum atomic E-state index is 13.7. The molecule has 36 heavy (non-hydrogen) atoms. The average molecular weight is 503 g/mol. The molecule has 7 heteroatoms. The van der Waals surface area contributed by atoms with Crippen LogP contribution in [0.3, 0.4) is 0 Å². The molecule has 0 spiro atoms. The predicted octanol–water partition coefficient (Wildman–Crippen LogP) is 3.96. The lowest BCUT2D eigenvalue weighted by atomic mass is 9.65. The van der Waals surface area contributed by atoms with Gasteiger partial charge in [0.15, 0.2) is 0 Å². The quantitative estimate of drug-likeness (QED) is 0.334. The molecular formula is C29H26O6S. The Labute approximate surface area is 210 Å².